The van der Waals surface area contributed by atoms with Gasteiger partial charge in [0.25, 0.3) is 0 Å². The molecule has 0 aliphatic rings. The van der Waals surface area contributed by atoms with Crippen LogP contribution in [0.25, 0.3) is 0 Å². The fourth-order valence-electron chi connectivity index (χ4n) is 1.08. The zero-order valence-corrected chi connectivity index (χ0v) is 11.7. The molecule has 0 aromatic carbocycles. The molecule has 0 saturated carbocycles. The van der Waals surface area contributed by atoms with Crippen LogP contribution in [0.5, 0.6) is 0 Å². The van der Waals surface area contributed by atoms with Gasteiger partial charge in [-0.15, -0.1) is 0 Å². The molecule has 0 radical (unpaired) electrons. The number of hydrogen-bond donors (Lipinski definition) is 2. The second-order valence-electron chi connectivity index (χ2n) is 4.33. The van der Waals surface area contributed by atoms with Crippen molar-refractivity contribution in [2.45, 2.75) is 13.8 Å². The van der Waals surface area contributed by atoms with E-state index in [2.05, 4.69) is 36.4 Å². The van der Waals surface area contributed by atoms with Crippen LogP contribution >= 0.6 is 12.2 Å². The molecule has 16 heavy (non-hydrogen) atoms. The second kappa shape index (κ2) is 9.81. The van der Waals surface area contributed by atoms with Gasteiger partial charge >= 0.3 is 0 Å². The molecule has 0 aliphatic heterocycles. The van der Waals surface area contributed by atoms with Crippen molar-refractivity contribution >= 4 is 17.3 Å². The Kier molecular flexibility index (Phi) is 9.57. The number of nitrogens with one attached hydrogen (secondary N) is 2. The largest absolute Gasteiger partial charge is 0.383 e. The molecule has 0 atom stereocenters. The number of likely N-dealkylation sites (N-methyl/N-ethyl adjacent to an activating group) is 1. The Balaban J connectivity index is 3.39. The van der Waals surface area contributed by atoms with E-state index in [9.17, 15) is 0 Å². The minimum absolute atomic E-state index is 0.615. The third kappa shape index (κ3) is 10.1. The van der Waals surface area contributed by atoms with E-state index in [0.29, 0.717) is 5.92 Å². The highest BCUT2D eigenvalue weighted by atomic mass is 32.1. The smallest absolute Gasteiger partial charge is 0.166 e. The van der Waals surface area contributed by atoms with E-state index in [1.54, 1.807) is 7.11 Å². The van der Waals surface area contributed by atoms with Gasteiger partial charge in [-0.05, 0) is 25.2 Å². The summed E-state index contributed by atoms with van der Waals surface area (Å²) in [6.07, 6.45) is 0. The van der Waals surface area contributed by atoms with E-state index in [1.165, 1.54) is 0 Å². The van der Waals surface area contributed by atoms with Gasteiger partial charge in [-0.25, -0.2) is 0 Å². The third-order valence-corrected chi connectivity index (χ3v) is 2.42. The van der Waals surface area contributed by atoms with Gasteiger partial charge in [0.2, 0.25) is 0 Å². The fraction of sp³-hybridized carbons (Fsp3) is 0.909. The number of thiocarbonyl (C=S) groups is 1. The molecule has 0 unspecified atom stereocenters. The van der Waals surface area contributed by atoms with Crippen LogP contribution in [0.4, 0.5) is 0 Å². The van der Waals surface area contributed by atoms with E-state index >= 15 is 0 Å². The molecule has 5 heteroatoms. The summed E-state index contributed by atoms with van der Waals surface area (Å²) in [5.74, 6) is 0.615. The molecule has 0 aromatic rings. The number of ether oxygens (including phenoxy) is 1. The third-order valence-electron chi connectivity index (χ3n) is 2.13. The summed E-state index contributed by atoms with van der Waals surface area (Å²) < 4.78 is 5.00. The van der Waals surface area contributed by atoms with Crippen molar-refractivity contribution < 1.29 is 4.74 Å². The molecular formula is C11H25N3OS. The van der Waals surface area contributed by atoms with E-state index in [4.69, 9.17) is 17.0 Å². The van der Waals surface area contributed by atoms with Crippen LogP contribution in [-0.4, -0.2) is 57.0 Å². The summed E-state index contributed by atoms with van der Waals surface area (Å²) >= 11 is 5.15. The minimum Gasteiger partial charge on any atom is -0.383 e. The van der Waals surface area contributed by atoms with Crippen molar-refractivity contribution in [3.63, 3.8) is 0 Å². The van der Waals surface area contributed by atoms with Crippen LogP contribution < -0.4 is 10.6 Å². The van der Waals surface area contributed by atoms with E-state index in [1.807, 2.05) is 0 Å². The van der Waals surface area contributed by atoms with Gasteiger partial charge < -0.3 is 20.3 Å². The second-order valence-corrected chi connectivity index (χ2v) is 4.73. The summed E-state index contributed by atoms with van der Waals surface area (Å²) in [4.78, 5) is 2.21. The standard InChI is InChI=1S/C11H25N3OS/c1-10(2)9-13-11(16)12-5-6-14(3)7-8-15-4/h10H,5-9H2,1-4H3,(H2,12,13,16). The van der Waals surface area contributed by atoms with Crippen molar-refractivity contribution in [1.29, 1.82) is 0 Å². The number of rotatable bonds is 8. The lowest BCUT2D eigenvalue weighted by Crippen LogP contribution is -2.41. The highest BCUT2D eigenvalue weighted by molar-refractivity contribution is 7.80. The number of hydrogen-bond acceptors (Lipinski definition) is 3. The van der Waals surface area contributed by atoms with Gasteiger partial charge in [-0.3, -0.25) is 0 Å². The first-order chi connectivity index (χ1) is 7.56. The van der Waals surface area contributed by atoms with Gasteiger partial charge in [0.05, 0.1) is 6.61 Å². The predicted octanol–water partition coefficient (Wildman–Crippen LogP) is 0.685. The molecule has 2 N–H and O–H groups in total. The Bertz CT molecular complexity index is 188. The van der Waals surface area contributed by atoms with Crippen LogP contribution in [0.15, 0.2) is 0 Å². The molecule has 0 amide bonds. The lowest BCUT2D eigenvalue weighted by atomic mass is 10.2. The van der Waals surface area contributed by atoms with Gasteiger partial charge in [0.15, 0.2) is 5.11 Å². The molecule has 0 aliphatic carbocycles. The molecule has 0 spiro atoms. The van der Waals surface area contributed by atoms with Crippen LogP contribution in [0.1, 0.15) is 13.8 Å². The summed E-state index contributed by atoms with van der Waals surface area (Å²) in [5, 5.41) is 7.10. The van der Waals surface area contributed by atoms with Crippen molar-refractivity contribution in [2.24, 2.45) is 5.92 Å². The lowest BCUT2D eigenvalue weighted by molar-refractivity contribution is 0.162. The molecule has 96 valence electrons. The summed E-state index contributed by atoms with van der Waals surface area (Å²) in [5.41, 5.74) is 0. The molecule has 0 bridgehead atoms. The average molecular weight is 247 g/mol. The first kappa shape index (κ1) is 15.6. The first-order valence-electron chi connectivity index (χ1n) is 5.75. The zero-order chi connectivity index (χ0) is 12.4. The molecule has 0 saturated heterocycles. The quantitative estimate of drug-likeness (QED) is 0.617. The maximum Gasteiger partial charge on any atom is 0.166 e. The minimum atomic E-state index is 0.615. The molecule has 4 nitrogen and oxygen atoms in total. The SMILES string of the molecule is COCCN(C)CCNC(=S)NCC(C)C. The first-order valence-corrected chi connectivity index (χ1v) is 6.16. The predicted molar refractivity (Wildman–Crippen MR) is 72.8 cm³/mol. The molecule has 0 aromatic heterocycles. The normalized spacial score (nSPS) is 10.9. The van der Waals surface area contributed by atoms with Gasteiger partial charge in [-0.2, -0.15) is 0 Å². The van der Waals surface area contributed by atoms with Crippen LogP contribution in [0.3, 0.4) is 0 Å². The van der Waals surface area contributed by atoms with E-state index in [0.717, 1.165) is 37.9 Å². The monoisotopic (exact) mass is 247 g/mol. The Morgan fingerprint density at radius 2 is 2.00 bits per heavy atom. The Morgan fingerprint density at radius 1 is 1.31 bits per heavy atom. The van der Waals surface area contributed by atoms with Gasteiger partial charge in [-0.1, -0.05) is 13.8 Å². The number of nitrogens with zero attached hydrogens (tertiary/aromatic N) is 1. The average Bonchev–Trinajstić information content (AvgIpc) is 2.23. The number of methoxy groups -OCH3 is 1. The van der Waals surface area contributed by atoms with Crippen LogP contribution in [0.2, 0.25) is 0 Å². The van der Waals surface area contributed by atoms with E-state index in [-0.39, 0.29) is 0 Å². The summed E-state index contributed by atoms with van der Waals surface area (Å²) in [6.45, 7) is 8.79. The van der Waals surface area contributed by atoms with Crippen molar-refractivity contribution in [3.05, 3.63) is 0 Å². The molecular weight excluding hydrogens is 222 g/mol. The Labute approximate surface area is 105 Å². The van der Waals surface area contributed by atoms with Crippen molar-refractivity contribution in [2.75, 3.05) is 46.9 Å². The van der Waals surface area contributed by atoms with Crippen LogP contribution in [0, 0.1) is 5.92 Å². The van der Waals surface area contributed by atoms with Crippen LogP contribution in [-0.2, 0) is 4.74 Å². The molecule has 0 fully saturated rings. The maximum absolute atomic E-state index is 5.15. The van der Waals surface area contributed by atoms with Gasteiger partial charge in [0, 0.05) is 33.3 Å². The Morgan fingerprint density at radius 3 is 2.56 bits per heavy atom. The van der Waals surface area contributed by atoms with Crippen molar-refractivity contribution in [1.82, 2.24) is 15.5 Å². The lowest BCUT2D eigenvalue weighted by Gasteiger charge is -2.17. The van der Waals surface area contributed by atoms with Gasteiger partial charge in [0.1, 0.15) is 0 Å². The summed E-state index contributed by atoms with van der Waals surface area (Å²) in [7, 11) is 3.79. The zero-order valence-electron chi connectivity index (χ0n) is 10.9. The highest BCUT2D eigenvalue weighted by Gasteiger charge is 1.99. The summed E-state index contributed by atoms with van der Waals surface area (Å²) in [6, 6.07) is 0. The molecule has 0 heterocycles. The topological polar surface area (TPSA) is 36.5 Å². The Hall–Kier alpha value is -0.390. The fourth-order valence-corrected chi connectivity index (χ4v) is 1.26. The highest BCUT2D eigenvalue weighted by Crippen LogP contribution is 1.86. The molecule has 0 rings (SSSR count). The maximum atomic E-state index is 5.15. The van der Waals surface area contributed by atoms with Crippen molar-refractivity contribution in [3.8, 4) is 0 Å². The van der Waals surface area contributed by atoms with E-state index < -0.39 is 0 Å².